The molecule has 1 atom stereocenters. The first kappa shape index (κ1) is 13.5. The van der Waals surface area contributed by atoms with E-state index in [9.17, 15) is 5.11 Å². The van der Waals surface area contributed by atoms with Gasteiger partial charge in [0, 0.05) is 17.8 Å². The molecule has 18 heavy (non-hydrogen) atoms. The summed E-state index contributed by atoms with van der Waals surface area (Å²) < 4.78 is 1.57. The van der Waals surface area contributed by atoms with Crippen LogP contribution in [0.25, 0.3) is 0 Å². The van der Waals surface area contributed by atoms with Crippen LogP contribution in [0, 0.1) is 0 Å². The van der Waals surface area contributed by atoms with Crippen molar-refractivity contribution in [2.45, 2.75) is 32.3 Å². The zero-order valence-corrected chi connectivity index (χ0v) is 12.4. The summed E-state index contributed by atoms with van der Waals surface area (Å²) in [6, 6.07) is 0. The second-order valence-electron chi connectivity index (χ2n) is 5.23. The number of hydrogen-bond acceptors (Lipinski definition) is 4. The first-order valence-electron chi connectivity index (χ1n) is 5.62. The van der Waals surface area contributed by atoms with E-state index in [0.717, 1.165) is 5.01 Å². The average Bonchev–Trinajstić information content (AvgIpc) is 2.84. The lowest BCUT2D eigenvalue weighted by Crippen LogP contribution is -2.12. The lowest BCUT2D eigenvalue weighted by molar-refractivity contribution is 0.205. The first-order chi connectivity index (χ1) is 8.30. The van der Waals surface area contributed by atoms with Gasteiger partial charge in [0.1, 0.15) is 6.10 Å². The predicted octanol–water partition coefficient (Wildman–Crippen LogP) is 2.91. The van der Waals surface area contributed by atoms with E-state index < -0.39 is 6.10 Å². The van der Waals surface area contributed by atoms with Gasteiger partial charge in [-0.05, 0) is 0 Å². The van der Waals surface area contributed by atoms with Crippen molar-refractivity contribution in [3.63, 3.8) is 0 Å². The van der Waals surface area contributed by atoms with Crippen molar-refractivity contribution in [2.75, 3.05) is 0 Å². The van der Waals surface area contributed by atoms with Gasteiger partial charge in [-0.3, -0.25) is 4.68 Å². The summed E-state index contributed by atoms with van der Waals surface area (Å²) >= 11 is 7.57. The minimum atomic E-state index is -0.836. The van der Waals surface area contributed by atoms with E-state index in [0.29, 0.717) is 16.4 Å². The number of aliphatic hydroxyl groups excluding tert-OH is 1. The van der Waals surface area contributed by atoms with Crippen LogP contribution < -0.4 is 0 Å². The van der Waals surface area contributed by atoms with Crippen LogP contribution in [0.4, 0.5) is 0 Å². The quantitative estimate of drug-likeness (QED) is 0.923. The molecule has 1 N–H and O–H groups in total. The van der Waals surface area contributed by atoms with E-state index in [1.807, 2.05) is 5.38 Å². The van der Waals surface area contributed by atoms with Crippen molar-refractivity contribution >= 4 is 22.9 Å². The summed E-state index contributed by atoms with van der Waals surface area (Å²) in [5.41, 5.74) is 1.18. The Morgan fingerprint density at radius 1 is 1.44 bits per heavy atom. The van der Waals surface area contributed by atoms with Crippen LogP contribution in [0.2, 0.25) is 5.02 Å². The molecule has 0 saturated heterocycles. The predicted molar refractivity (Wildman–Crippen MR) is 73.1 cm³/mol. The summed E-state index contributed by atoms with van der Waals surface area (Å²) in [7, 11) is 1.75. The summed E-state index contributed by atoms with van der Waals surface area (Å²) in [5, 5.41) is 17.7. The van der Waals surface area contributed by atoms with Crippen LogP contribution in [0.3, 0.4) is 0 Å². The van der Waals surface area contributed by atoms with Crippen LogP contribution in [-0.2, 0) is 12.5 Å². The summed E-state index contributed by atoms with van der Waals surface area (Å²) in [6.45, 7) is 6.29. The zero-order valence-electron chi connectivity index (χ0n) is 10.8. The van der Waals surface area contributed by atoms with Gasteiger partial charge in [-0.2, -0.15) is 5.10 Å². The van der Waals surface area contributed by atoms with E-state index in [2.05, 4.69) is 30.9 Å². The molecule has 0 saturated carbocycles. The highest BCUT2D eigenvalue weighted by Crippen LogP contribution is 2.32. The number of rotatable bonds is 2. The molecule has 0 spiro atoms. The number of aryl methyl sites for hydroxylation is 1. The molecule has 2 rings (SSSR count). The molecule has 98 valence electrons. The average molecular weight is 286 g/mol. The molecule has 2 heterocycles. The van der Waals surface area contributed by atoms with E-state index in [-0.39, 0.29) is 5.41 Å². The molecule has 0 aromatic carbocycles. The maximum absolute atomic E-state index is 10.3. The van der Waals surface area contributed by atoms with E-state index in [4.69, 9.17) is 11.6 Å². The van der Waals surface area contributed by atoms with Crippen LogP contribution in [0.1, 0.15) is 43.3 Å². The molecule has 6 heteroatoms. The number of halogens is 1. The van der Waals surface area contributed by atoms with E-state index >= 15 is 0 Å². The number of aromatic nitrogens is 3. The molecule has 0 aliphatic rings. The maximum atomic E-state index is 10.3. The van der Waals surface area contributed by atoms with Crippen molar-refractivity contribution in [3.8, 4) is 0 Å². The van der Waals surface area contributed by atoms with Gasteiger partial charge in [-0.1, -0.05) is 32.4 Å². The van der Waals surface area contributed by atoms with Gasteiger partial charge in [-0.25, -0.2) is 4.98 Å². The molecule has 2 aromatic rings. The highest BCUT2D eigenvalue weighted by Gasteiger charge is 2.24. The Hall–Kier alpha value is -0.910. The van der Waals surface area contributed by atoms with Gasteiger partial charge >= 0.3 is 0 Å². The SMILES string of the molecule is Cn1ncc(Cl)c1C(O)c1csc(C(C)(C)C)n1. The normalized spacial score (nSPS) is 13.9. The van der Waals surface area contributed by atoms with Crippen molar-refractivity contribution in [1.29, 1.82) is 0 Å². The highest BCUT2D eigenvalue weighted by atomic mass is 35.5. The molecular formula is C12H16ClN3OS. The molecule has 0 fully saturated rings. The topological polar surface area (TPSA) is 50.9 Å². The molecule has 1 unspecified atom stereocenters. The lowest BCUT2D eigenvalue weighted by Gasteiger charge is -2.14. The monoisotopic (exact) mass is 285 g/mol. The Morgan fingerprint density at radius 3 is 2.56 bits per heavy atom. The largest absolute Gasteiger partial charge is 0.380 e. The number of hydrogen-bond donors (Lipinski definition) is 1. The molecule has 0 aliphatic carbocycles. The summed E-state index contributed by atoms with van der Waals surface area (Å²) in [5.74, 6) is 0. The summed E-state index contributed by atoms with van der Waals surface area (Å²) in [4.78, 5) is 4.49. The fourth-order valence-electron chi connectivity index (χ4n) is 1.62. The van der Waals surface area contributed by atoms with Crippen molar-refractivity contribution in [2.24, 2.45) is 7.05 Å². The third-order valence-corrected chi connectivity index (χ3v) is 4.22. The second-order valence-corrected chi connectivity index (χ2v) is 6.50. The molecule has 0 aliphatic heterocycles. The fraction of sp³-hybridized carbons (Fsp3) is 0.500. The van der Waals surface area contributed by atoms with Crippen LogP contribution >= 0.6 is 22.9 Å². The lowest BCUT2D eigenvalue weighted by atomic mass is 9.98. The minimum absolute atomic E-state index is 0.0150. The molecule has 4 nitrogen and oxygen atoms in total. The van der Waals surface area contributed by atoms with E-state index in [1.54, 1.807) is 23.1 Å². The van der Waals surface area contributed by atoms with Gasteiger partial charge in [0.25, 0.3) is 0 Å². The fourth-order valence-corrected chi connectivity index (χ4v) is 2.82. The van der Waals surface area contributed by atoms with Gasteiger partial charge in [-0.15, -0.1) is 11.3 Å². The molecule has 0 amide bonds. The van der Waals surface area contributed by atoms with Gasteiger partial charge in [0.15, 0.2) is 0 Å². The van der Waals surface area contributed by atoms with Crippen LogP contribution in [-0.4, -0.2) is 19.9 Å². The van der Waals surface area contributed by atoms with Crippen molar-refractivity contribution < 1.29 is 5.11 Å². The maximum Gasteiger partial charge on any atom is 0.140 e. The third kappa shape index (κ3) is 2.43. The first-order valence-corrected chi connectivity index (χ1v) is 6.88. The van der Waals surface area contributed by atoms with E-state index in [1.165, 1.54) is 6.20 Å². The Labute approximate surface area is 115 Å². The van der Waals surface area contributed by atoms with Crippen LogP contribution in [0.5, 0.6) is 0 Å². The van der Waals surface area contributed by atoms with Crippen molar-refractivity contribution in [1.82, 2.24) is 14.8 Å². The standard InChI is InChI=1S/C12H16ClN3OS/c1-12(2,3)11-15-8(6-18-11)10(17)9-7(13)5-14-16(9)4/h5-6,10,17H,1-4H3. The third-order valence-electron chi connectivity index (χ3n) is 2.64. The Morgan fingerprint density at radius 2 is 2.11 bits per heavy atom. The Balaban J connectivity index is 2.35. The van der Waals surface area contributed by atoms with Crippen LogP contribution in [0.15, 0.2) is 11.6 Å². The Kier molecular flexibility index (Phi) is 3.49. The van der Waals surface area contributed by atoms with Gasteiger partial charge < -0.3 is 5.11 Å². The molecule has 0 bridgehead atoms. The number of thiazole rings is 1. The minimum Gasteiger partial charge on any atom is -0.380 e. The number of nitrogens with zero attached hydrogens (tertiary/aromatic N) is 3. The van der Waals surface area contributed by atoms with Gasteiger partial charge in [0.2, 0.25) is 0 Å². The second kappa shape index (κ2) is 4.64. The van der Waals surface area contributed by atoms with Crippen molar-refractivity contribution in [3.05, 3.63) is 33.0 Å². The zero-order chi connectivity index (χ0) is 13.5. The van der Waals surface area contributed by atoms with Gasteiger partial charge in [0.05, 0.1) is 27.6 Å². The summed E-state index contributed by atoms with van der Waals surface area (Å²) in [6.07, 6.45) is 0.689. The Bertz CT molecular complexity index is 536. The number of aliphatic hydroxyl groups is 1. The smallest absolute Gasteiger partial charge is 0.140 e. The molecular weight excluding hydrogens is 270 g/mol. The molecule has 0 radical (unpaired) electrons. The highest BCUT2D eigenvalue weighted by molar-refractivity contribution is 7.09. The molecule has 2 aromatic heterocycles.